The van der Waals surface area contributed by atoms with E-state index in [1.807, 2.05) is 0 Å². The van der Waals surface area contributed by atoms with Crippen molar-refractivity contribution in [3.8, 4) is 11.6 Å². The summed E-state index contributed by atoms with van der Waals surface area (Å²) in [6.07, 6.45) is 0. The Morgan fingerprint density at radius 3 is 2.74 bits per heavy atom. The topological polar surface area (TPSA) is 91.3 Å². The fraction of sp³-hybridized carbons (Fsp3) is 0.0833. The number of rotatable bonds is 3. The van der Waals surface area contributed by atoms with Gasteiger partial charge in [-0.1, -0.05) is 0 Å². The third kappa shape index (κ3) is 2.95. The van der Waals surface area contributed by atoms with Gasteiger partial charge < -0.3 is 10.5 Å². The van der Waals surface area contributed by atoms with E-state index >= 15 is 0 Å². The van der Waals surface area contributed by atoms with E-state index in [0.29, 0.717) is 11.3 Å². The van der Waals surface area contributed by atoms with Crippen LogP contribution in [0.4, 0.5) is 15.9 Å². The van der Waals surface area contributed by atoms with E-state index in [-0.39, 0.29) is 17.4 Å². The van der Waals surface area contributed by atoms with Crippen LogP contribution in [0.25, 0.3) is 0 Å². The first-order valence-corrected chi connectivity index (χ1v) is 5.31. The van der Waals surface area contributed by atoms with Gasteiger partial charge in [0.15, 0.2) is 0 Å². The number of benzene rings is 1. The molecule has 1 aromatic heterocycles. The molecule has 0 saturated heterocycles. The van der Waals surface area contributed by atoms with Crippen molar-refractivity contribution in [3.05, 3.63) is 51.8 Å². The Bertz CT molecular complexity index is 646. The molecule has 0 amide bonds. The molecule has 6 nitrogen and oxygen atoms in total. The maximum atomic E-state index is 12.9. The molecule has 0 aliphatic carbocycles. The summed E-state index contributed by atoms with van der Waals surface area (Å²) in [6.45, 7) is 1.65. The molecule has 2 rings (SSSR count). The average Bonchev–Trinajstić information content (AvgIpc) is 2.32. The van der Waals surface area contributed by atoms with Crippen LogP contribution in [0.1, 0.15) is 5.56 Å². The van der Waals surface area contributed by atoms with Crippen LogP contribution in [0.2, 0.25) is 0 Å². The van der Waals surface area contributed by atoms with E-state index in [1.165, 1.54) is 18.2 Å². The lowest BCUT2D eigenvalue weighted by Gasteiger charge is -2.08. The van der Waals surface area contributed by atoms with Crippen molar-refractivity contribution < 1.29 is 14.1 Å². The number of halogens is 1. The van der Waals surface area contributed by atoms with Crippen molar-refractivity contribution in [1.29, 1.82) is 0 Å². The van der Waals surface area contributed by atoms with E-state index < -0.39 is 10.7 Å². The number of pyridine rings is 1. The molecule has 0 unspecified atom stereocenters. The Balaban J connectivity index is 2.35. The second kappa shape index (κ2) is 4.89. The number of aromatic nitrogens is 1. The molecule has 0 bridgehead atoms. The van der Waals surface area contributed by atoms with Crippen molar-refractivity contribution in [3.63, 3.8) is 0 Å². The lowest BCUT2D eigenvalue weighted by Crippen LogP contribution is -1.98. The SMILES string of the molecule is Cc1cc(F)ccc1Oc1cc([N+](=O)[O-])cc(N)n1. The number of nitrogens with two attached hydrogens (primary N) is 1. The summed E-state index contributed by atoms with van der Waals surface area (Å²) in [4.78, 5) is 13.9. The zero-order valence-electron chi connectivity index (χ0n) is 9.96. The first-order valence-electron chi connectivity index (χ1n) is 5.31. The van der Waals surface area contributed by atoms with Gasteiger partial charge in [-0.05, 0) is 30.7 Å². The highest BCUT2D eigenvalue weighted by Crippen LogP contribution is 2.27. The van der Waals surface area contributed by atoms with Crippen LogP contribution in [0, 0.1) is 22.9 Å². The largest absolute Gasteiger partial charge is 0.438 e. The van der Waals surface area contributed by atoms with Gasteiger partial charge in [-0.3, -0.25) is 10.1 Å². The van der Waals surface area contributed by atoms with Gasteiger partial charge in [-0.25, -0.2) is 4.39 Å². The molecule has 0 atom stereocenters. The molecule has 2 N–H and O–H groups in total. The number of aryl methyl sites for hydroxylation is 1. The third-order valence-corrected chi connectivity index (χ3v) is 2.37. The van der Waals surface area contributed by atoms with Gasteiger partial charge >= 0.3 is 0 Å². The molecule has 1 aromatic carbocycles. The fourth-order valence-corrected chi connectivity index (χ4v) is 1.51. The number of nitrogen functional groups attached to an aromatic ring is 1. The van der Waals surface area contributed by atoms with Gasteiger partial charge in [0.25, 0.3) is 5.69 Å². The first-order chi connectivity index (χ1) is 8.95. The van der Waals surface area contributed by atoms with Crippen molar-refractivity contribution in [2.75, 3.05) is 5.73 Å². The van der Waals surface area contributed by atoms with Crippen LogP contribution in [0.15, 0.2) is 30.3 Å². The molecule has 19 heavy (non-hydrogen) atoms. The zero-order chi connectivity index (χ0) is 14.0. The number of nitrogens with zero attached hydrogens (tertiary/aromatic N) is 2. The molecular formula is C12H10FN3O3. The van der Waals surface area contributed by atoms with Crippen LogP contribution >= 0.6 is 0 Å². The Labute approximate surface area is 107 Å². The van der Waals surface area contributed by atoms with E-state index in [4.69, 9.17) is 10.5 Å². The molecule has 98 valence electrons. The summed E-state index contributed by atoms with van der Waals surface area (Å²) in [6, 6.07) is 6.21. The minimum absolute atomic E-state index is 0.0126. The molecule has 7 heteroatoms. The van der Waals surface area contributed by atoms with Crippen molar-refractivity contribution in [2.24, 2.45) is 0 Å². The number of ether oxygens (including phenoxy) is 1. The lowest BCUT2D eigenvalue weighted by atomic mass is 10.2. The predicted octanol–water partition coefficient (Wildman–Crippen LogP) is 2.81. The summed E-state index contributed by atoms with van der Waals surface area (Å²) < 4.78 is 18.3. The Hall–Kier alpha value is -2.70. The number of nitro groups is 1. The molecule has 1 heterocycles. The van der Waals surface area contributed by atoms with Gasteiger partial charge in [0.05, 0.1) is 17.1 Å². The second-order valence-corrected chi connectivity index (χ2v) is 3.86. The zero-order valence-corrected chi connectivity index (χ0v) is 9.96. The fourth-order valence-electron chi connectivity index (χ4n) is 1.51. The Kier molecular flexibility index (Phi) is 3.28. The average molecular weight is 263 g/mol. The molecule has 0 aliphatic heterocycles. The molecule has 2 aromatic rings. The van der Waals surface area contributed by atoms with Gasteiger partial charge in [-0.15, -0.1) is 0 Å². The molecule has 0 aliphatic rings. The molecular weight excluding hydrogens is 253 g/mol. The van der Waals surface area contributed by atoms with Crippen LogP contribution in [-0.2, 0) is 0 Å². The summed E-state index contributed by atoms with van der Waals surface area (Å²) >= 11 is 0. The van der Waals surface area contributed by atoms with Gasteiger partial charge in [-0.2, -0.15) is 4.98 Å². The van der Waals surface area contributed by atoms with Gasteiger partial charge in [0, 0.05) is 0 Å². The smallest absolute Gasteiger partial charge is 0.278 e. The molecule has 0 saturated carbocycles. The maximum absolute atomic E-state index is 12.9. The second-order valence-electron chi connectivity index (χ2n) is 3.86. The van der Waals surface area contributed by atoms with Crippen LogP contribution in [0.5, 0.6) is 11.6 Å². The van der Waals surface area contributed by atoms with E-state index in [9.17, 15) is 14.5 Å². The Morgan fingerprint density at radius 2 is 2.11 bits per heavy atom. The van der Waals surface area contributed by atoms with E-state index in [0.717, 1.165) is 12.1 Å². The number of hydrogen-bond donors (Lipinski definition) is 1. The minimum Gasteiger partial charge on any atom is -0.438 e. The quantitative estimate of drug-likeness (QED) is 0.679. The summed E-state index contributed by atoms with van der Waals surface area (Å²) in [5, 5.41) is 10.7. The third-order valence-electron chi connectivity index (χ3n) is 2.37. The highest BCUT2D eigenvalue weighted by Gasteiger charge is 2.12. The number of anilines is 1. The van der Waals surface area contributed by atoms with Crippen LogP contribution in [-0.4, -0.2) is 9.91 Å². The standard InChI is InChI=1S/C12H10FN3O3/c1-7-4-8(13)2-3-10(7)19-12-6-9(16(17)18)5-11(14)15-12/h2-6H,1H3,(H2,14,15). The van der Waals surface area contributed by atoms with Crippen molar-refractivity contribution >= 4 is 11.5 Å². The van der Waals surface area contributed by atoms with E-state index in [2.05, 4.69) is 4.98 Å². The monoisotopic (exact) mass is 263 g/mol. The minimum atomic E-state index is -0.595. The van der Waals surface area contributed by atoms with Crippen molar-refractivity contribution in [2.45, 2.75) is 6.92 Å². The van der Waals surface area contributed by atoms with Gasteiger partial charge in [0.1, 0.15) is 17.4 Å². The molecule has 0 radical (unpaired) electrons. The van der Waals surface area contributed by atoms with Crippen molar-refractivity contribution in [1.82, 2.24) is 4.98 Å². The van der Waals surface area contributed by atoms with Crippen LogP contribution in [0.3, 0.4) is 0 Å². The summed E-state index contributed by atoms with van der Waals surface area (Å²) in [5.41, 5.74) is 5.79. The summed E-state index contributed by atoms with van der Waals surface area (Å²) in [7, 11) is 0. The Morgan fingerprint density at radius 1 is 1.37 bits per heavy atom. The lowest BCUT2D eigenvalue weighted by molar-refractivity contribution is -0.384. The van der Waals surface area contributed by atoms with Crippen LogP contribution < -0.4 is 10.5 Å². The number of hydrogen-bond acceptors (Lipinski definition) is 5. The predicted molar refractivity (Wildman–Crippen MR) is 66.5 cm³/mol. The molecule has 0 spiro atoms. The van der Waals surface area contributed by atoms with E-state index in [1.54, 1.807) is 6.92 Å². The molecule has 0 fully saturated rings. The summed E-state index contributed by atoms with van der Waals surface area (Å²) in [5.74, 6) is -0.0736. The normalized spacial score (nSPS) is 10.2. The maximum Gasteiger partial charge on any atom is 0.278 e. The highest BCUT2D eigenvalue weighted by atomic mass is 19.1. The highest BCUT2D eigenvalue weighted by molar-refractivity contribution is 5.46. The first kappa shape index (κ1) is 12.7. The van der Waals surface area contributed by atoms with Gasteiger partial charge in [0.2, 0.25) is 5.88 Å².